The first-order chi connectivity index (χ1) is 8.16. The van der Waals surface area contributed by atoms with Gasteiger partial charge in [0.05, 0.1) is 6.10 Å². The first-order valence-corrected chi connectivity index (χ1v) is 7.31. The fourth-order valence-electron chi connectivity index (χ4n) is 3.22. The van der Waals surface area contributed by atoms with Crippen molar-refractivity contribution in [3.05, 3.63) is 0 Å². The summed E-state index contributed by atoms with van der Waals surface area (Å²) in [6.45, 7) is 5.51. The van der Waals surface area contributed by atoms with Gasteiger partial charge >= 0.3 is 0 Å². The van der Waals surface area contributed by atoms with Gasteiger partial charge < -0.3 is 4.74 Å². The Hall–Kier alpha value is -0.370. The van der Waals surface area contributed by atoms with Crippen LogP contribution >= 0.6 is 0 Å². The zero-order valence-electron chi connectivity index (χ0n) is 11.3. The van der Waals surface area contributed by atoms with Gasteiger partial charge in [-0.1, -0.05) is 13.8 Å². The van der Waals surface area contributed by atoms with Crippen LogP contribution in [0.15, 0.2) is 0 Å². The van der Waals surface area contributed by atoms with Crippen LogP contribution in [0, 0.1) is 17.8 Å². The van der Waals surface area contributed by atoms with Gasteiger partial charge in [0.15, 0.2) is 0 Å². The molecule has 0 bridgehead atoms. The minimum absolute atomic E-state index is 0.350. The third kappa shape index (κ3) is 3.54. The lowest BCUT2D eigenvalue weighted by Crippen LogP contribution is -2.27. The Kier molecular flexibility index (Phi) is 4.61. The van der Waals surface area contributed by atoms with Crippen molar-refractivity contribution < 1.29 is 9.53 Å². The van der Waals surface area contributed by atoms with Gasteiger partial charge in [0.2, 0.25) is 0 Å². The van der Waals surface area contributed by atoms with Crippen molar-refractivity contribution in [2.75, 3.05) is 6.61 Å². The number of ketones is 1. The summed E-state index contributed by atoms with van der Waals surface area (Å²) in [5.41, 5.74) is 0. The molecule has 1 aliphatic heterocycles. The molecule has 0 N–H and O–H groups in total. The summed E-state index contributed by atoms with van der Waals surface area (Å²) in [6.07, 6.45) is 7.88. The van der Waals surface area contributed by atoms with Crippen LogP contribution in [0.2, 0.25) is 0 Å². The van der Waals surface area contributed by atoms with Crippen molar-refractivity contribution in [3.8, 4) is 0 Å². The van der Waals surface area contributed by atoms with E-state index in [-0.39, 0.29) is 0 Å². The second-order valence-corrected chi connectivity index (χ2v) is 6.10. The molecule has 4 unspecified atom stereocenters. The van der Waals surface area contributed by atoms with E-state index >= 15 is 0 Å². The molecule has 2 nitrogen and oxygen atoms in total. The van der Waals surface area contributed by atoms with E-state index in [9.17, 15) is 4.79 Å². The van der Waals surface area contributed by atoms with E-state index in [4.69, 9.17) is 4.74 Å². The van der Waals surface area contributed by atoms with Crippen molar-refractivity contribution in [1.29, 1.82) is 0 Å². The topological polar surface area (TPSA) is 26.3 Å². The normalized spacial score (nSPS) is 38.2. The van der Waals surface area contributed by atoms with Gasteiger partial charge in [-0.05, 0) is 50.4 Å². The Balaban J connectivity index is 1.72. The maximum Gasteiger partial charge on any atom is 0.136 e. The van der Waals surface area contributed by atoms with Crippen LogP contribution < -0.4 is 0 Å². The van der Waals surface area contributed by atoms with Gasteiger partial charge in [-0.25, -0.2) is 0 Å². The molecule has 2 heteroatoms. The molecule has 0 spiro atoms. The molecule has 0 radical (unpaired) electrons. The Morgan fingerprint density at radius 3 is 2.65 bits per heavy atom. The SMILES string of the molecule is CC1CCC(C(=O)CCC2CCCO2)CC1C. The van der Waals surface area contributed by atoms with Crippen molar-refractivity contribution >= 4 is 5.78 Å². The molecule has 2 fully saturated rings. The lowest BCUT2D eigenvalue weighted by Gasteiger charge is -2.31. The van der Waals surface area contributed by atoms with Crippen LogP contribution in [0.4, 0.5) is 0 Å². The number of carbonyl (C=O) groups excluding carboxylic acids is 1. The summed E-state index contributed by atoms with van der Waals surface area (Å²) in [5.74, 6) is 2.37. The smallest absolute Gasteiger partial charge is 0.136 e. The summed E-state index contributed by atoms with van der Waals surface area (Å²) >= 11 is 0. The van der Waals surface area contributed by atoms with Crippen LogP contribution in [-0.2, 0) is 9.53 Å². The molecule has 0 aromatic heterocycles. The van der Waals surface area contributed by atoms with Gasteiger partial charge in [-0.2, -0.15) is 0 Å². The molecule has 0 aromatic rings. The summed E-state index contributed by atoms with van der Waals surface area (Å²) in [4.78, 5) is 12.2. The molecule has 1 saturated heterocycles. The fourth-order valence-corrected chi connectivity index (χ4v) is 3.22. The van der Waals surface area contributed by atoms with E-state index in [1.807, 2.05) is 0 Å². The van der Waals surface area contributed by atoms with Crippen molar-refractivity contribution in [2.24, 2.45) is 17.8 Å². The highest BCUT2D eigenvalue weighted by atomic mass is 16.5. The summed E-state index contributed by atoms with van der Waals surface area (Å²) in [6, 6.07) is 0. The summed E-state index contributed by atoms with van der Waals surface area (Å²) in [7, 11) is 0. The fraction of sp³-hybridized carbons (Fsp3) is 0.933. The largest absolute Gasteiger partial charge is 0.378 e. The molecule has 1 saturated carbocycles. The standard InChI is InChI=1S/C15H26O2/c1-11-5-6-13(10-12(11)2)15(16)8-7-14-4-3-9-17-14/h11-14H,3-10H2,1-2H3. The van der Waals surface area contributed by atoms with E-state index in [1.54, 1.807) is 0 Å². The second kappa shape index (κ2) is 5.99. The molecule has 4 atom stereocenters. The predicted octanol–water partition coefficient (Wildman–Crippen LogP) is 3.59. The lowest BCUT2D eigenvalue weighted by atomic mass is 9.74. The minimum Gasteiger partial charge on any atom is -0.378 e. The number of rotatable bonds is 4. The quantitative estimate of drug-likeness (QED) is 0.748. The highest BCUT2D eigenvalue weighted by molar-refractivity contribution is 5.81. The third-order valence-corrected chi connectivity index (χ3v) is 4.79. The third-order valence-electron chi connectivity index (χ3n) is 4.79. The maximum absolute atomic E-state index is 12.2. The number of carbonyl (C=O) groups is 1. The van der Waals surface area contributed by atoms with Crippen LogP contribution in [0.25, 0.3) is 0 Å². The molecule has 2 rings (SSSR count). The average Bonchev–Trinajstić information content (AvgIpc) is 2.82. The van der Waals surface area contributed by atoms with Crippen LogP contribution in [0.5, 0.6) is 0 Å². The Morgan fingerprint density at radius 1 is 1.18 bits per heavy atom. The predicted molar refractivity (Wildman–Crippen MR) is 68.9 cm³/mol. The minimum atomic E-state index is 0.350. The highest BCUT2D eigenvalue weighted by Gasteiger charge is 2.29. The van der Waals surface area contributed by atoms with Crippen LogP contribution in [-0.4, -0.2) is 18.5 Å². The molecular weight excluding hydrogens is 212 g/mol. The highest BCUT2D eigenvalue weighted by Crippen LogP contribution is 2.34. The molecule has 2 aliphatic rings. The Morgan fingerprint density at radius 2 is 2.00 bits per heavy atom. The number of hydrogen-bond acceptors (Lipinski definition) is 2. The molecule has 0 aromatic carbocycles. The van der Waals surface area contributed by atoms with Crippen molar-refractivity contribution in [3.63, 3.8) is 0 Å². The first kappa shape index (κ1) is 13.1. The van der Waals surface area contributed by atoms with Gasteiger partial charge in [-0.3, -0.25) is 4.79 Å². The summed E-state index contributed by atoms with van der Waals surface area (Å²) in [5, 5.41) is 0. The molecule has 17 heavy (non-hydrogen) atoms. The van der Waals surface area contributed by atoms with E-state index < -0.39 is 0 Å². The van der Waals surface area contributed by atoms with Gasteiger partial charge in [0.1, 0.15) is 5.78 Å². The van der Waals surface area contributed by atoms with Crippen LogP contribution in [0.1, 0.15) is 58.8 Å². The molecule has 0 amide bonds. The Labute approximate surface area is 105 Å². The van der Waals surface area contributed by atoms with Crippen LogP contribution in [0.3, 0.4) is 0 Å². The number of ether oxygens (including phenoxy) is 1. The van der Waals surface area contributed by atoms with E-state index in [1.165, 1.54) is 12.8 Å². The zero-order chi connectivity index (χ0) is 12.3. The van der Waals surface area contributed by atoms with Gasteiger partial charge in [-0.15, -0.1) is 0 Å². The van der Waals surface area contributed by atoms with E-state index in [0.717, 1.165) is 50.5 Å². The van der Waals surface area contributed by atoms with E-state index in [2.05, 4.69) is 13.8 Å². The molecule has 98 valence electrons. The zero-order valence-corrected chi connectivity index (χ0v) is 11.3. The first-order valence-electron chi connectivity index (χ1n) is 7.31. The average molecular weight is 238 g/mol. The molecule has 1 heterocycles. The van der Waals surface area contributed by atoms with Gasteiger partial charge in [0.25, 0.3) is 0 Å². The second-order valence-electron chi connectivity index (χ2n) is 6.10. The summed E-state index contributed by atoms with van der Waals surface area (Å²) < 4.78 is 5.58. The Bertz CT molecular complexity index is 256. The van der Waals surface area contributed by atoms with Crippen molar-refractivity contribution in [2.45, 2.75) is 64.9 Å². The number of Topliss-reactive ketones (excluding diaryl/α,β-unsaturated/α-hetero) is 1. The van der Waals surface area contributed by atoms with E-state index in [0.29, 0.717) is 17.8 Å². The monoisotopic (exact) mass is 238 g/mol. The van der Waals surface area contributed by atoms with Gasteiger partial charge in [0, 0.05) is 18.9 Å². The number of hydrogen-bond donors (Lipinski definition) is 0. The lowest BCUT2D eigenvalue weighted by molar-refractivity contribution is -0.125. The van der Waals surface area contributed by atoms with Crippen molar-refractivity contribution in [1.82, 2.24) is 0 Å². The maximum atomic E-state index is 12.2. The molecular formula is C15H26O2. The molecule has 1 aliphatic carbocycles.